The van der Waals surface area contributed by atoms with Crippen LogP contribution >= 0.6 is 11.6 Å². The molecule has 2 rings (SSSR count). The summed E-state index contributed by atoms with van der Waals surface area (Å²) in [5.74, 6) is -1.07. The molecule has 0 spiro atoms. The van der Waals surface area contributed by atoms with Crippen LogP contribution in [0.3, 0.4) is 0 Å². The van der Waals surface area contributed by atoms with Gasteiger partial charge in [0.05, 0.1) is 28.6 Å². The molecule has 9 heteroatoms. The monoisotopic (exact) mass is 395 g/mol. The Morgan fingerprint density at radius 2 is 2.04 bits per heavy atom. The van der Waals surface area contributed by atoms with E-state index in [-0.39, 0.29) is 18.0 Å². The lowest BCUT2D eigenvalue weighted by atomic mass is 10.2. The Kier molecular flexibility index (Phi) is 6.18. The molecule has 1 amide bonds. The zero-order valence-electron chi connectivity index (χ0n) is 13.7. The van der Waals surface area contributed by atoms with Gasteiger partial charge in [0.2, 0.25) is 15.9 Å². The first-order valence-electron chi connectivity index (χ1n) is 7.43. The number of carbonyl (C=O) groups is 1. The summed E-state index contributed by atoms with van der Waals surface area (Å²) in [6, 6.07) is 11.8. The first-order chi connectivity index (χ1) is 12.2. The number of sulfonamides is 1. The Balaban J connectivity index is 2.11. The predicted molar refractivity (Wildman–Crippen MR) is 98.0 cm³/mol. The highest BCUT2D eigenvalue weighted by Crippen LogP contribution is 2.21. The van der Waals surface area contributed by atoms with E-state index in [1.54, 1.807) is 18.2 Å². The Morgan fingerprint density at radius 3 is 2.65 bits per heavy atom. The van der Waals surface area contributed by atoms with Gasteiger partial charge in [-0.25, -0.2) is 12.8 Å². The fraction of sp³-hybridized carbons (Fsp3) is 0.176. The number of carbonyl (C=O) groups excluding carboxylic acids is 1. The topological polar surface area (TPSA) is 90.3 Å². The second-order valence-corrected chi connectivity index (χ2v) is 7.74. The number of anilines is 2. The van der Waals surface area contributed by atoms with Crippen molar-refractivity contribution in [3.8, 4) is 6.07 Å². The van der Waals surface area contributed by atoms with Gasteiger partial charge in [-0.1, -0.05) is 17.7 Å². The van der Waals surface area contributed by atoms with E-state index >= 15 is 0 Å². The first-order valence-corrected chi connectivity index (χ1v) is 9.66. The van der Waals surface area contributed by atoms with Crippen molar-refractivity contribution in [3.05, 3.63) is 58.9 Å². The maximum absolute atomic E-state index is 13.1. The van der Waals surface area contributed by atoms with E-state index in [9.17, 15) is 17.6 Å². The van der Waals surface area contributed by atoms with Gasteiger partial charge >= 0.3 is 0 Å². The molecule has 0 aliphatic rings. The molecule has 0 fully saturated rings. The minimum Gasteiger partial charge on any atom is -0.326 e. The average Bonchev–Trinajstić information content (AvgIpc) is 2.57. The SMILES string of the molecule is CS(=O)(=O)N(CCC(=O)Nc1ccc(F)c(Cl)c1)c1cccc(C#N)c1. The molecule has 0 saturated carbocycles. The standard InChI is InChI=1S/C17H15ClFN3O3S/c1-26(24,25)22(14-4-2-3-12(9-14)11-20)8-7-17(23)21-13-5-6-16(19)15(18)10-13/h2-6,9-10H,7-8H2,1H3,(H,21,23). The quantitative estimate of drug-likeness (QED) is 0.813. The van der Waals surface area contributed by atoms with Crippen LogP contribution in [0.1, 0.15) is 12.0 Å². The molecule has 2 aromatic rings. The minimum atomic E-state index is -3.65. The van der Waals surface area contributed by atoms with E-state index in [2.05, 4.69) is 5.32 Å². The van der Waals surface area contributed by atoms with Gasteiger partial charge in [0.15, 0.2) is 0 Å². The van der Waals surface area contributed by atoms with Crippen LogP contribution in [0.4, 0.5) is 15.8 Å². The number of halogens is 2. The second-order valence-electron chi connectivity index (χ2n) is 5.42. The Morgan fingerprint density at radius 1 is 1.31 bits per heavy atom. The highest BCUT2D eigenvalue weighted by Gasteiger charge is 2.19. The van der Waals surface area contributed by atoms with Crippen molar-refractivity contribution in [2.45, 2.75) is 6.42 Å². The van der Waals surface area contributed by atoms with E-state index in [1.807, 2.05) is 6.07 Å². The molecule has 0 radical (unpaired) electrons. The fourth-order valence-electron chi connectivity index (χ4n) is 2.22. The normalized spacial score (nSPS) is 10.8. The van der Waals surface area contributed by atoms with Crippen LogP contribution in [-0.2, 0) is 14.8 Å². The lowest BCUT2D eigenvalue weighted by Gasteiger charge is -2.22. The van der Waals surface area contributed by atoms with Crippen molar-refractivity contribution < 1.29 is 17.6 Å². The van der Waals surface area contributed by atoms with Gasteiger partial charge in [-0.2, -0.15) is 5.26 Å². The summed E-state index contributed by atoms with van der Waals surface area (Å²) in [6.45, 7) is -0.117. The number of nitrogens with zero attached hydrogens (tertiary/aromatic N) is 2. The molecule has 0 unspecified atom stereocenters. The van der Waals surface area contributed by atoms with Crippen LogP contribution in [0.5, 0.6) is 0 Å². The second kappa shape index (κ2) is 8.17. The summed E-state index contributed by atoms with van der Waals surface area (Å²) >= 11 is 5.65. The molecule has 0 saturated heterocycles. The molecular formula is C17H15ClFN3O3S. The summed E-state index contributed by atoms with van der Waals surface area (Å²) in [7, 11) is -3.65. The van der Waals surface area contributed by atoms with Crippen LogP contribution in [0.25, 0.3) is 0 Å². The molecule has 0 aromatic heterocycles. The van der Waals surface area contributed by atoms with Gasteiger partial charge in [-0.05, 0) is 36.4 Å². The van der Waals surface area contributed by atoms with Gasteiger partial charge in [0.25, 0.3) is 0 Å². The maximum atomic E-state index is 13.1. The highest BCUT2D eigenvalue weighted by molar-refractivity contribution is 7.92. The Bertz CT molecular complexity index is 973. The van der Waals surface area contributed by atoms with E-state index in [0.717, 1.165) is 16.6 Å². The molecule has 0 heterocycles. The van der Waals surface area contributed by atoms with Crippen molar-refractivity contribution >= 4 is 38.9 Å². The zero-order valence-corrected chi connectivity index (χ0v) is 15.3. The van der Waals surface area contributed by atoms with Gasteiger partial charge in [0.1, 0.15) is 5.82 Å². The lowest BCUT2D eigenvalue weighted by molar-refractivity contribution is -0.116. The summed E-state index contributed by atoms with van der Waals surface area (Å²) in [6.07, 6.45) is 0.878. The van der Waals surface area contributed by atoms with Gasteiger partial charge in [0, 0.05) is 18.7 Å². The molecule has 136 valence electrons. The third-order valence-corrected chi connectivity index (χ3v) is 4.89. The lowest BCUT2D eigenvalue weighted by Crippen LogP contribution is -2.33. The first kappa shape index (κ1) is 19.7. The molecule has 26 heavy (non-hydrogen) atoms. The predicted octanol–water partition coefficient (Wildman–Crippen LogP) is 3.15. The molecular weight excluding hydrogens is 381 g/mol. The minimum absolute atomic E-state index is 0.117. The number of hydrogen-bond donors (Lipinski definition) is 1. The van der Waals surface area contributed by atoms with Gasteiger partial charge in [-0.3, -0.25) is 9.10 Å². The van der Waals surface area contributed by atoms with Gasteiger partial charge in [-0.15, -0.1) is 0 Å². The van der Waals surface area contributed by atoms with Crippen LogP contribution in [0.15, 0.2) is 42.5 Å². The van der Waals surface area contributed by atoms with Crippen molar-refractivity contribution in [1.82, 2.24) is 0 Å². The average molecular weight is 396 g/mol. The number of nitriles is 1. The smallest absolute Gasteiger partial charge is 0.232 e. The molecule has 0 atom stereocenters. The van der Waals surface area contributed by atoms with Crippen molar-refractivity contribution in [3.63, 3.8) is 0 Å². The fourth-order valence-corrected chi connectivity index (χ4v) is 3.32. The number of rotatable bonds is 6. The molecule has 2 aromatic carbocycles. The zero-order chi connectivity index (χ0) is 19.3. The summed E-state index contributed by atoms with van der Waals surface area (Å²) < 4.78 is 38.2. The van der Waals surface area contributed by atoms with E-state index in [1.165, 1.54) is 18.2 Å². The largest absolute Gasteiger partial charge is 0.326 e. The van der Waals surface area contributed by atoms with Crippen molar-refractivity contribution in [2.75, 3.05) is 22.4 Å². The van der Waals surface area contributed by atoms with E-state index in [4.69, 9.17) is 16.9 Å². The molecule has 0 aliphatic heterocycles. The number of hydrogen-bond acceptors (Lipinski definition) is 4. The van der Waals surface area contributed by atoms with Crippen LogP contribution < -0.4 is 9.62 Å². The number of amides is 1. The Labute approximate surface area is 155 Å². The molecule has 0 bridgehead atoms. The summed E-state index contributed by atoms with van der Waals surface area (Å²) in [5, 5.41) is 11.3. The van der Waals surface area contributed by atoms with Crippen LogP contribution in [-0.4, -0.2) is 27.1 Å². The van der Waals surface area contributed by atoms with E-state index < -0.39 is 21.7 Å². The highest BCUT2D eigenvalue weighted by atomic mass is 35.5. The van der Waals surface area contributed by atoms with Gasteiger partial charge < -0.3 is 5.32 Å². The molecule has 6 nitrogen and oxygen atoms in total. The summed E-state index contributed by atoms with van der Waals surface area (Å²) in [5.41, 5.74) is 0.907. The third kappa shape index (κ3) is 5.18. The molecule has 1 N–H and O–H groups in total. The van der Waals surface area contributed by atoms with Crippen molar-refractivity contribution in [1.29, 1.82) is 5.26 Å². The van der Waals surface area contributed by atoms with Crippen LogP contribution in [0, 0.1) is 17.1 Å². The number of benzene rings is 2. The van der Waals surface area contributed by atoms with E-state index in [0.29, 0.717) is 16.9 Å². The van der Waals surface area contributed by atoms with Crippen molar-refractivity contribution in [2.24, 2.45) is 0 Å². The summed E-state index contributed by atoms with van der Waals surface area (Å²) in [4.78, 5) is 12.1. The molecule has 0 aliphatic carbocycles. The maximum Gasteiger partial charge on any atom is 0.232 e. The third-order valence-electron chi connectivity index (χ3n) is 3.41. The number of nitrogens with one attached hydrogen (secondary N) is 1. The Hall–Kier alpha value is -2.63. The van der Waals surface area contributed by atoms with Crippen LogP contribution in [0.2, 0.25) is 5.02 Å².